The molecule has 0 saturated carbocycles. The number of nitriles is 1. The van der Waals surface area contributed by atoms with Crippen LogP contribution in [0.3, 0.4) is 0 Å². The fraction of sp³-hybridized carbons (Fsp3) is 0.429. The number of likely N-dealkylation sites (N-methyl/N-ethyl adjacent to an activating group) is 1. The number of benzene rings is 1. The zero-order chi connectivity index (χ0) is 13.4. The van der Waals surface area contributed by atoms with Crippen LogP contribution in [0.2, 0.25) is 0 Å². The van der Waals surface area contributed by atoms with Gasteiger partial charge in [-0.05, 0) is 24.1 Å². The lowest BCUT2D eigenvalue weighted by Crippen LogP contribution is -2.32. The number of carbonyl (C=O) groups is 1. The minimum Gasteiger partial charge on any atom is -0.484 e. The van der Waals surface area contributed by atoms with Crippen molar-refractivity contribution in [3.8, 4) is 11.8 Å². The van der Waals surface area contributed by atoms with E-state index in [2.05, 4.69) is 6.92 Å². The SMILES string of the molecule is CCc1ccc(OCC(=O)N(C)CCC#N)cc1. The second-order valence-electron chi connectivity index (χ2n) is 4.01. The Morgan fingerprint density at radius 1 is 1.39 bits per heavy atom. The molecular formula is C14H18N2O2. The van der Waals surface area contributed by atoms with Crippen LogP contribution < -0.4 is 4.74 Å². The average molecular weight is 246 g/mol. The first kappa shape index (κ1) is 14.0. The van der Waals surface area contributed by atoms with E-state index in [1.54, 1.807) is 7.05 Å². The minimum atomic E-state index is -0.121. The van der Waals surface area contributed by atoms with Gasteiger partial charge in [0, 0.05) is 13.6 Å². The molecule has 0 atom stereocenters. The fourth-order valence-electron chi connectivity index (χ4n) is 1.42. The molecule has 0 radical (unpaired) electrons. The predicted octanol–water partition coefficient (Wildman–Crippen LogP) is 2.00. The number of hydrogen-bond acceptors (Lipinski definition) is 3. The predicted molar refractivity (Wildman–Crippen MR) is 69.2 cm³/mol. The normalized spacial score (nSPS) is 9.61. The molecule has 0 aromatic heterocycles. The molecule has 0 fully saturated rings. The molecule has 1 aromatic rings. The second-order valence-corrected chi connectivity index (χ2v) is 4.01. The van der Waals surface area contributed by atoms with E-state index in [1.807, 2.05) is 30.3 Å². The summed E-state index contributed by atoms with van der Waals surface area (Å²) in [5, 5.41) is 8.43. The molecule has 1 aromatic carbocycles. The summed E-state index contributed by atoms with van der Waals surface area (Å²) in [6.45, 7) is 2.53. The van der Waals surface area contributed by atoms with Crippen LogP contribution in [0.25, 0.3) is 0 Å². The van der Waals surface area contributed by atoms with E-state index < -0.39 is 0 Å². The van der Waals surface area contributed by atoms with Gasteiger partial charge in [0.1, 0.15) is 5.75 Å². The van der Waals surface area contributed by atoms with Gasteiger partial charge in [-0.25, -0.2) is 0 Å². The number of hydrogen-bond donors (Lipinski definition) is 0. The molecule has 1 rings (SSSR count). The second kappa shape index (κ2) is 7.33. The molecule has 0 aliphatic rings. The fourth-order valence-corrected chi connectivity index (χ4v) is 1.42. The zero-order valence-corrected chi connectivity index (χ0v) is 10.8. The van der Waals surface area contributed by atoms with Crippen LogP contribution in [0.5, 0.6) is 5.75 Å². The third-order valence-corrected chi connectivity index (χ3v) is 2.68. The maximum atomic E-state index is 11.6. The molecule has 0 spiro atoms. The number of carbonyl (C=O) groups excluding carboxylic acids is 1. The lowest BCUT2D eigenvalue weighted by Gasteiger charge is -2.15. The monoisotopic (exact) mass is 246 g/mol. The molecule has 4 nitrogen and oxygen atoms in total. The van der Waals surface area contributed by atoms with Crippen molar-refractivity contribution in [3.63, 3.8) is 0 Å². The number of rotatable bonds is 6. The van der Waals surface area contributed by atoms with E-state index in [1.165, 1.54) is 10.5 Å². The highest BCUT2D eigenvalue weighted by atomic mass is 16.5. The first-order valence-corrected chi connectivity index (χ1v) is 6.00. The number of amides is 1. The lowest BCUT2D eigenvalue weighted by molar-refractivity contribution is -0.131. The Labute approximate surface area is 108 Å². The van der Waals surface area contributed by atoms with Gasteiger partial charge in [0.05, 0.1) is 12.5 Å². The molecule has 4 heteroatoms. The molecule has 0 aliphatic heterocycles. The van der Waals surface area contributed by atoms with Crippen molar-refractivity contribution in [2.24, 2.45) is 0 Å². The van der Waals surface area contributed by atoms with Gasteiger partial charge in [-0.2, -0.15) is 5.26 Å². The third-order valence-electron chi connectivity index (χ3n) is 2.68. The first-order chi connectivity index (χ1) is 8.67. The maximum Gasteiger partial charge on any atom is 0.260 e. The summed E-state index contributed by atoms with van der Waals surface area (Å²) in [6, 6.07) is 9.70. The van der Waals surface area contributed by atoms with Gasteiger partial charge in [0.25, 0.3) is 5.91 Å². The third kappa shape index (κ3) is 4.46. The Morgan fingerprint density at radius 2 is 2.06 bits per heavy atom. The summed E-state index contributed by atoms with van der Waals surface area (Å²) in [7, 11) is 1.67. The van der Waals surface area contributed by atoms with Crippen LogP contribution in [0, 0.1) is 11.3 Å². The highest BCUT2D eigenvalue weighted by molar-refractivity contribution is 5.77. The van der Waals surface area contributed by atoms with Crippen molar-refractivity contribution < 1.29 is 9.53 Å². The summed E-state index contributed by atoms with van der Waals surface area (Å²) in [4.78, 5) is 13.1. The van der Waals surface area contributed by atoms with Crippen molar-refractivity contribution in [2.45, 2.75) is 19.8 Å². The van der Waals surface area contributed by atoms with Crippen LogP contribution in [-0.2, 0) is 11.2 Å². The highest BCUT2D eigenvalue weighted by Gasteiger charge is 2.08. The standard InChI is InChI=1S/C14H18N2O2/c1-3-12-5-7-13(8-6-12)18-11-14(17)16(2)10-4-9-15/h5-8H,3-4,10-11H2,1-2H3. The number of aryl methyl sites for hydroxylation is 1. The van der Waals surface area contributed by atoms with E-state index in [0.29, 0.717) is 18.7 Å². The number of nitrogens with zero attached hydrogens (tertiary/aromatic N) is 2. The Kier molecular flexibility index (Phi) is 5.72. The average Bonchev–Trinajstić information content (AvgIpc) is 2.42. The molecule has 1 amide bonds. The lowest BCUT2D eigenvalue weighted by atomic mass is 10.2. The van der Waals surface area contributed by atoms with E-state index in [0.717, 1.165) is 6.42 Å². The Morgan fingerprint density at radius 3 is 2.61 bits per heavy atom. The van der Waals surface area contributed by atoms with Crippen LogP contribution in [0.15, 0.2) is 24.3 Å². The Bertz CT molecular complexity index is 420. The largest absolute Gasteiger partial charge is 0.484 e. The molecule has 0 N–H and O–H groups in total. The van der Waals surface area contributed by atoms with E-state index in [-0.39, 0.29) is 12.5 Å². The van der Waals surface area contributed by atoms with Gasteiger partial charge in [-0.3, -0.25) is 4.79 Å². The van der Waals surface area contributed by atoms with Gasteiger partial charge in [0.15, 0.2) is 6.61 Å². The topological polar surface area (TPSA) is 53.3 Å². The summed E-state index contributed by atoms with van der Waals surface area (Å²) in [5.41, 5.74) is 1.24. The Balaban J connectivity index is 2.39. The summed E-state index contributed by atoms with van der Waals surface area (Å²) in [6.07, 6.45) is 1.32. The van der Waals surface area contributed by atoms with Crippen LogP contribution in [0.4, 0.5) is 0 Å². The van der Waals surface area contributed by atoms with Gasteiger partial charge < -0.3 is 9.64 Å². The van der Waals surface area contributed by atoms with Gasteiger partial charge in [-0.15, -0.1) is 0 Å². The van der Waals surface area contributed by atoms with E-state index in [4.69, 9.17) is 10.00 Å². The summed E-state index contributed by atoms with van der Waals surface area (Å²) < 4.78 is 5.39. The molecule has 0 heterocycles. The molecule has 18 heavy (non-hydrogen) atoms. The van der Waals surface area contributed by atoms with Crippen molar-refractivity contribution >= 4 is 5.91 Å². The van der Waals surface area contributed by atoms with E-state index in [9.17, 15) is 4.79 Å². The van der Waals surface area contributed by atoms with Gasteiger partial charge in [-0.1, -0.05) is 19.1 Å². The minimum absolute atomic E-state index is 0.00734. The molecular weight excluding hydrogens is 228 g/mol. The molecule has 0 unspecified atom stereocenters. The first-order valence-electron chi connectivity index (χ1n) is 6.00. The van der Waals surface area contributed by atoms with E-state index >= 15 is 0 Å². The van der Waals surface area contributed by atoms with Gasteiger partial charge >= 0.3 is 0 Å². The zero-order valence-electron chi connectivity index (χ0n) is 10.8. The molecule has 0 saturated heterocycles. The van der Waals surface area contributed by atoms with Crippen molar-refractivity contribution in [1.29, 1.82) is 5.26 Å². The van der Waals surface area contributed by atoms with Crippen LogP contribution in [-0.4, -0.2) is 31.0 Å². The molecule has 96 valence electrons. The number of ether oxygens (including phenoxy) is 1. The van der Waals surface area contributed by atoms with Crippen molar-refractivity contribution in [2.75, 3.05) is 20.2 Å². The van der Waals surface area contributed by atoms with Crippen molar-refractivity contribution in [3.05, 3.63) is 29.8 Å². The van der Waals surface area contributed by atoms with Gasteiger partial charge in [0.2, 0.25) is 0 Å². The molecule has 0 bridgehead atoms. The summed E-state index contributed by atoms with van der Waals surface area (Å²) in [5.74, 6) is 0.569. The quantitative estimate of drug-likeness (QED) is 0.771. The molecule has 0 aliphatic carbocycles. The van der Waals surface area contributed by atoms with Crippen molar-refractivity contribution in [1.82, 2.24) is 4.90 Å². The van der Waals surface area contributed by atoms with Crippen LogP contribution in [0.1, 0.15) is 18.9 Å². The summed E-state index contributed by atoms with van der Waals surface area (Å²) >= 11 is 0. The highest BCUT2D eigenvalue weighted by Crippen LogP contribution is 2.12. The Hall–Kier alpha value is -2.02. The maximum absolute atomic E-state index is 11.6. The van der Waals surface area contributed by atoms with Crippen LogP contribution >= 0.6 is 0 Å². The smallest absolute Gasteiger partial charge is 0.260 e.